The standard InChI is InChI=1S/C17H23N5/c1-14-12-22(17(18)20-14)19-11-15-6-5-7-16(10-15)13-21-8-3-2-4-9-21/h5-7,10-12H,2-4,8-9,13H2,1H3,(H2,18,20). The minimum atomic E-state index is 0.415. The lowest BCUT2D eigenvalue weighted by molar-refractivity contribution is 0.221. The summed E-state index contributed by atoms with van der Waals surface area (Å²) in [6.07, 6.45) is 7.66. The van der Waals surface area contributed by atoms with Gasteiger partial charge in [0.1, 0.15) is 0 Å². The fourth-order valence-corrected chi connectivity index (χ4v) is 2.87. The number of benzene rings is 1. The van der Waals surface area contributed by atoms with Crippen LogP contribution in [-0.4, -0.2) is 33.9 Å². The molecule has 0 bridgehead atoms. The Labute approximate surface area is 131 Å². The third kappa shape index (κ3) is 3.74. The zero-order valence-corrected chi connectivity index (χ0v) is 13.1. The molecule has 116 valence electrons. The first-order valence-corrected chi connectivity index (χ1v) is 7.88. The van der Waals surface area contributed by atoms with Crippen molar-refractivity contribution in [2.45, 2.75) is 32.7 Å². The Morgan fingerprint density at radius 2 is 2.09 bits per heavy atom. The van der Waals surface area contributed by atoms with Crippen LogP contribution >= 0.6 is 0 Å². The quantitative estimate of drug-likeness (QED) is 0.883. The number of aromatic nitrogens is 2. The molecule has 2 N–H and O–H groups in total. The fraction of sp³-hybridized carbons (Fsp3) is 0.412. The number of nitrogens with two attached hydrogens (primary N) is 1. The molecule has 0 radical (unpaired) electrons. The monoisotopic (exact) mass is 297 g/mol. The molecule has 0 unspecified atom stereocenters. The number of hydrogen-bond donors (Lipinski definition) is 1. The second kappa shape index (κ2) is 6.75. The number of rotatable bonds is 4. The van der Waals surface area contributed by atoms with Gasteiger partial charge in [0, 0.05) is 6.54 Å². The van der Waals surface area contributed by atoms with E-state index in [1.807, 2.05) is 19.3 Å². The molecule has 0 aliphatic carbocycles. The third-order valence-corrected chi connectivity index (χ3v) is 3.97. The summed E-state index contributed by atoms with van der Waals surface area (Å²) in [5.74, 6) is 0.415. The van der Waals surface area contributed by atoms with Gasteiger partial charge < -0.3 is 5.73 Å². The van der Waals surface area contributed by atoms with Crippen LogP contribution in [0.3, 0.4) is 0 Å². The first kappa shape index (κ1) is 14.8. The predicted octanol–water partition coefficient (Wildman–Crippen LogP) is 2.64. The van der Waals surface area contributed by atoms with Crippen molar-refractivity contribution in [3.63, 3.8) is 0 Å². The number of imidazole rings is 1. The normalized spacial score (nSPS) is 16.4. The molecule has 2 aromatic rings. The van der Waals surface area contributed by atoms with E-state index in [-0.39, 0.29) is 0 Å². The third-order valence-electron chi connectivity index (χ3n) is 3.97. The highest BCUT2D eigenvalue weighted by Crippen LogP contribution is 2.13. The smallest absolute Gasteiger partial charge is 0.221 e. The summed E-state index contributed by atoms with van der Waals surface area (Å²) < 4.78 is 1.60. The molecule has 1 fully saturated rings. The van der Waals surface area contributed by atoms with Gasteiger partial charge in [-0.15, -0.1) is 0 Å². The minimum absolute atomic E-state index is 0.415. The van der Waals surface area contributed by atoms with Crippen molar-refractivity contribution >= 4 is 12.2 Å². The molecule has 0 saturated carbocycles. The van der Waals surface area contributed by atoms with Crippen LogP contribution in [0.25, 0.3) is 0 Å². The second-order valence-electron chi connectivity index (χ2n) is 5.91. The van der Waals surface area contributed by atoms with E-state index in [0.717, 1.165) is 17.8 Å². The van der Waals surface area contributed by atoms with E-state index in [0.29, 0.717) is 5.95 Å². The van der Waals surface area contributed by atoms with Crippen LogP contribution in [0.2, 0.25) is 0 Å². The highest BCUT2D eigenvalue weighted by Gasteiger charge is 2.10. The van der Waals surface area contributed by atoms with Crippen molar-refractivity contribution in [1.29, 1.82) is 0 Å². The van der Waals surface area contributed by atoms with E-state index in [1.165, 1.54) is 37.9 Å². The summed E-state index contributed by atoms with van der Waals surface area (Å²) in [6, 6.07) is 8.52. The summed E-state index contributed by atoms with van der Waals surface area (Å²) in [7, 11) is 0. The predicted molar refractivity (Wildman–Crippen MR) is 89.9 cm³/mol. The van der Waals surface area contributed by atoms with Gasteiger partial charge in [-0.1, -0.05) is 24.6 Å². The van der Waals surface area contributed by atoms with Gasteiger partial charge in [0.25, 0.3) is 0 Å². The number of nitrogens with zero attached hydrogens (tertiary/aromatic N) is 4. The Morgan fingerprint density at radius 1 is 1.27 bits per heavy atom. The Balaban J connectivity index is 1.69. The Kier molecular flexibility index (Phi) is 4.53. The molecule has 3 rings (SSSR count). The van der Waals surface area contributed by atoms with Crippen LogP contribution in [-0.2, 0) is 6.54 Å². The molecule has 2 heterocycles. The average Bonchev–Trinajstić information content (AvgIpc) is 2.84. The summed E-state index contributed by atoms with van der Waals surface area (Å²) in [4.78, 5) is 6.66. The molecule has 5 heteroatoms. The number of piperidine rings is 1. The molecule has 1 aromatic carbocycles. The Hall–Kier alpha value is -2.14. The van der Waals surface area contributed by atoms with Gasteiger partial charge in [0.15, 0.2) is 0 Å². The van der Waals surface area contributed by atoms with Crippen LogP contribution < -0.4 is 5.73 Å². The first-order chi connectivity index (χ1) is 10.7. The molecule has 0 spiro atoms. The van der Waals surface area contributed by atoms with E-state index in [1.54, 1.807) is 4.68 Å². The summed E-state index contributed by atoms with van der Waals surface area (Å²) in [5, 5.41) is 4.38. The van der Waals surface area contributed by atoms with E-state index >= 15 is 0 Å². The number of hydrogen-bond acceptors (Lipinski definition) is 4. The first-order valence-electron chi connectivity index (χ1n) is 7.88. The number of anilines is 1. The molecule has 22 heavy (non-hydrogen) atoms. The fourth-order valence-electron chi connectivity index (χ4n) is 2.87. The maximum Gasteiger partial charge on any atom is 0.221 e. The van der Waals surface area contributed by atoms with Gasteiger partial charge in [0.05, 0.1) is 18.1 Å². The lowest BCUT2D eigenvalue weighted by Gasteiger charge is -2.26. The number of nitrogen functional groups attached to an aromatic ring is 1. The second-order valence-corrected chi connectivity index (χ2v) is 5.91. The van der Waals surface area contributed by atoms with Gasteiger partial charge in [-0.3, -0.25) is 4.90 Å². The number of likely N-dealkylation sites (tertiary alicyclic amines) is 1. The van der Waals surface area contributed by atoms with Crippen LogP contribution in [0.5, 0.6) is 0 Å². The largest absolute Gasteiger partial charge is 0.368 e. The molecule has 1 aromatic heterocycles. The van der Waals surface area contributed by atoms with Crippen LogP contribution in [0.4, 0.5) is 5.95 Å². The molecular weight excluding hydrogens is 274 g/mol. The van der Waals surface area contributed by atoms with Crippen molar-refractivity contribution in [1.82, 2.24) is 14.6 Å². The summed E-state index contributed by atoms with van der Waals surface area (Å²) in [5.41, 5.74) is 9.08. The molecule has 1 aliphatic rings. The van der Waals surface area contributed by atoms with Crippen molar-refractivity contribution in [2.24, 2.45) is 5.10 Å². The lowest BCUT2D eigenvalue weighted by atomic mass is 10.1. The van der Waals surface area contributed by atoms with E-state index in [9.17, 15) is 0 Å². The van der Waals surface area contributed by atoms with Gasteiger partial charge in [0.2, 0.25) is 5.95 Å². The molecule has 1 saturated heterocycles. The Morgan fingerprint density at radius 3 is 2.82 bits per heavy atom. The zero-order chi connectivity index (χ0) is 15.4. The minimum Gasteiger partial charge on any atom is -0.368 e. The van der Waals surface area contributed by atoms with E-state index in [2.05, 4.69) is 39.3 Å². The van der Waals surface area contributed by atoms with Gasteiger partial charge in [-0.05, 0) is 50.0 Å². The highest BCUT2D eigenvalue weighted by atomic mass is 15.4. The lowest BCUT2D eigenvalue weighted by Crippen LogP contribution is -2.29. The molecule has 5 nitrogen and oxygen atoms in total. The SMILES string of the molecule is Cc1cn(N=Cc2cccc(CN3CCCCC3)c2)c(N)n1. The highest BCUT2D eigenvalue weighted by molar-refractivity contribution is 5.79. The van der Waals surface area contributed by atoms with Crippen molar-refractivity contribution in [3.05, 3.63) is 47.3 Å². The maximum atomic E-state index is 5.79. The molecule has 1 aliphatic heterocycles. The number of aryl methyl sites for hydroxylation is 1. The van der Waals surface area contributed by atoms with Gasteiger partial charge in [-0.2, -0.15) is 5.10 Å². The maximum absolute atomic E-state index is 5.79. The van der Waals surface area contributed by atoms with Crippen LogP contribution in [0.15, 0.2) is 35.6 Å². The average molecular weight is 297 g/mol. The summed E-state index contributed by atoms with van der Waals surface area (Å²) >= 11 is 0. The van der Waals surface area contributed by atoms with Crippen LogP contribution in [0, 0.1) is 6.92 Å². The van der Waals surface area contributed by atoms with E-state index in [4.69, 9.17) is 5.73 Å². The van der Waals surface area contributed by atoms with Crippen molar-refractivity contribution < 1.29 is 0 Å². The zero-order valence-electron chi connectivity index (χ0n) is 13.1. The van der Waals surface area contributed by atoms with Gasteiger partial charge >= 0.3 is 0 Å². The summed E-state index contributed by atoms with van der Waals surface area (Å²) in [6.45, 7) is 5.35. The topological polar surface area (TPSA) is 59.4 Å². The van der Waals surface area contributed by atoms with E-state index < -0.39 is 0 Å². The molecule has 0 amide bonds. The van der Waals surface area contributed by atoms with Crippen molar-refractivity contribution in [3.8, 4) is 0 Å². The Bertz CT molecular complexity index is 653. The molecule has 0 atom stereocenters. The van der Waals surface area contributed by atoms with Gasteiger partial charge in [-0.25, -0.2) is 9.66 Å². The van der Waals surface area contributed by atoms with Crippen LogP contribution in [0.1, 0.15) is 36.1 Å². The molecular formula is C17H23N5. The van der Waals surface area contributed by atoms with Crippen molar-refractivity contribution in [2.75, 3.05) is 18.8 Å².